The van der Waals surface area contributed by atoms with Gasteiger partial charge in [-0.25, -0.2) is 4.39 Å². The summed E-state index contributed by atoms with van der Waals surface area (Å²) in [6.07, 6.45) is 1.07. The van der Waals surface area contributed by atoms with E-state index in [1.807, 2.05) is 24.3 Å². The van der Waals surface area contributed by atoms with Crippen LogP contribution in [-0.2, 0) is 13.0 Å². The predicted molar refractivity (Wildman–Crippen MR) is 94.8 cm³/mol. The summed E-state index contributed by atoms with van der Waals surface area (Å²) in [5, 5.41) is 0. The normalized spacial score (nSPS) is 16.2. The Morgan fingerprint density at radius 1 is 0.833 bits per heavy atom. The van der Waals surface area contributed by atoms with Gasteiger partial charge >= 0.3 is 0 Å². The summed E-state index contributed by atoms with van der Waals surface area (Å²) < 4.78 is 18.2. The van der Waals surface area contributed by atoms with Gasteiger partial charge in [0.2, 0.25) is 0 Å². The highest BCUT2D eigenvalue weighted by Crippen LogP contribution is 2.13. The van der Waals surface area contributed by atoms with E-state index >= 15 is 0 Å². The van der Waals surface area contributed by atoms with E-state index in [0.717, 1.165) is 51.4 Å². The molecule has 1 aliphatic heterocycles. The molecule has 2 aromatic carbocycles. The first-order valence-corrected chi connectivity index (χ1v) is 8.55. The topological polar surface area (TPSA) is 15.7 Å². The monoisotopic (exact) mass is 328 g/mol. The predicted octanol–water partition coefficient (Wildman–Crippen LogP) is 3.19. The minimum absolute atomic E-state index is 0.165. The van der Waals surface area contributed by atoms with Crippen molar-refractivity contribution in [3.05, 3.63) is 65.5 Å². The number of rotatable bonds is 6. The molecule has 128 valence electrons. The summed E-state index contributed by atoms with van der Waals surface area (Å²) >= 11 is 0. The van der Waals surface area contributed by atoms with Crippen LogP contribution in [0.1, 0.15) is 11.1 Å². The van der Waals surface area contributed by atoms with Crippen molar-refractivity contribution in [2.24, 2.45) is 0 Å². The summed E-state index contributed by atoms with van der Waals surface area (Å²) in [4.78, 5) is 4.96. The zero-order valence-corrected chi connectivity index (χ0v) is 14.2. The minimum atomic E-state index is -0.165. The third-order valence-electron chi connectivity index (χ3n) is 4.66. The molecule has 1 aliphatic rings. The van der Waals surface area contributed by atoms with Crippen LogP contribution in [0.25, 0.3) is 0 Å². The minimum Gasteiger partial charge on any atom is -0.497 e. The zero-order valence-electron chi connectivity index (χ0n) is 14.2. The Kier molecular flexibility index (Phi) is 5.83. The molecule has 0 saturated carbocycles. The van der Waals surface area contributed by atoms with Gasteiger partial charge in [0.25, 0.3) is 0 Å². The van der Waals surface area contributed by atoms with Gasteiger partial charge in [0.1, 0.15) is 11.6 Å². The van der Waals surface area contributed by atoms with Gasteiger partial charge in [-0.05, 0) is 41.8 Å². The third-order valence-corrected chi connectivity index (χ3v) is 4.66. The lowest BCUT2D eigenvalue weighted by molar-refractivity contribution is 0.128. The van der Waals surface area contributed by atoms with Crippen LogP contribution in [0.2, 0.25) is 0 Å². The van der Waals surface area contributed by atoms with Gasteiger partial charge in [-0.15, -0.1) is 0 Å². The Morgan fingerprint density at radius 3 is 2.04 bits per heavy atom. The Balaban J connectivity index is 1.40. The molecule has 4 heteroatoms. The van der Waals surface area contributed by atoms with E-state index in [9.17, 15) is 4.39 Å². The van der Waals surface area contributed by atoms with Crippen LogP contribution in [0, 0.1) is 5.82 Å². The molecule has 0 bridgehead atoms. The van der Waals surface area contributed by atoms with E-state index in [4.69, 9.17) is 4.74 Å². The molecule has 1 saturated heterocycles. The average Bonchev–Trinajstić information content (AvgIpc) is 2.63. The van der Waals surface area contributed by atoms with Crippen LogP contribution in [0.5, 0.6) is 5.75 Å². The van der Waals surface area contributed by atoms with Crippen molar-refractivity contribution in [1.82, 2.24) is 9.80 Å². The molecule has 3 rings (SSSR count). The van der Waals surface area contributed by atoms with Gasteiger partial charge in [0.15, 0.2) is 0 Å². The second-order valence-electron chi connectivity index (χ2n) is 6.34. The molecule has 0 unspecified atom stereocenters. The van der Waals surface area contributed by atoms with Crippen molar-refractivity contribution < 1.29 is 9.13 Å². The first-order valence-electron chi connectivity index (χ1n) is 8.55. The summed E-state index contributed by atoms with van der Waals surface area (Å²) in [5.74, 6) is 0.746. The Hall–Kier alpha value is -1.91. The standard InChI is InChI=1S/C20H25FN2O/c1-24-20-8-4-17(5-9-20)10-11-22-12-14-23(15-13-22)16-18-2-6-19(21)7-3-18/h2-9H,10-16H2,1H3. The van der Waals surface area contributed by atoms with Crippen molar-refractivity contribution in [1.29, 1.82) is 0 Å². The van der Waals surface area contributed by atoms with E-state index in [2.05, 4.69) is 21.9 Å². The lowest BCUT2D eigenvalue weighted by Crippen LogP contribution is -2.46. The molecule has 0 aliphatic carbocycles. The van der Waals surface area contributed by atoms with Crippen molar-refractivity contribution in [2.45, 2.75) is 13.0 Å². The summed E-state index contributed by atoms with van der Waals surface area (Å²) in [6.45, 7) is 6.33. The number of ether oxygens (including phenoxy) is 1. The Labute approximate surface area is 143 Å². The quantitative estimate of drug-likeness (QED) is 0.810. The van der Waals surface area contributed by atoms with Gasteiger partial charge in [-0.2, -0.15) is 0 Å². The van der Waals surface area contributed by atoms with Gasteiger partial charge in [0.05, 0.1) is 7.11 Å². The fourth-order valence-corrected chi connectivity index (χ4v) is 3.10. The van der Waals surface area contributed by atoms with Crippen molar-refractivity contribution in [3.8, 4) is 5.75 Å². The maximum Gasteiger partial charge on any atom is 0.123 e. The van der Waals surface area contributed by atoms with E-state index in [1.54, 1.807) is 19.2 Å². The highest BCUT2D eigenvalue weighted by atomic mass is 19.1. The van der Waals surface area contributed by atoms with Crippen molar-refractivity contribution >= 4 is 0 Å². The fraction of sp³-hybridized carbons (Fsp3) is 0.400. The molecule has 0 spiro atoms. The Bertz CT molecular complexity index is 619. The maximum absolute atomic E-state index is 13.0. The molecular weight excluding hydrogens is 303 g/mol. The van der Waals surface area contributed by atoms with E-state index < -0.39 is 0 Å². The van der Waals surface area contributed by atoms with E-state index in [1.165, 1.54) is 11.1 Å². The highest BCUT2D eigenvalue weighted by Gasteiger charge is 2.16. The van der Waals surface area contributed by atoms with Crippen molar-refractivity contribution in [3.63, 3.8) is 0 Å². The number of hydrogen-bond acceptors (Lipinski definition) is 3. The molecule has 0 radical (unpaired) electrons. The van der Waals surface area contributed by atoms with Gasteiger partial charge < -0.3 is 9.64 Å². The lowest BCUT2D eigenvalue weighted by atomic mass is 10.1. The van der Waals surface area contributed by atoms with Crippen LogP contribution in [0.4, 0.5) is 4.39 Å². The molecule has 0 atom stereocenters. The molecule has 1 heterocycles. The SMILES string of the molecule is COc1ccc(CCN2CCN(Cc3ccc(F)cc3)CC2)cc1. The fourth-order valence-electron chi connectivity index (χ4n) is 3.10. The van der Waals surface area contributed by atoms with Gasteiger partial charge in [-0.1, -0.05) is 24.3 Å². The highest BCUT2D eigenvalue weighted by molar-refractivity contribution is 5.27. The number of halogens is 1. The summed E-state index contributed by atoms with van der Waals surface area (Å²) in [7, 11) is 1.69. The van der Waals surface area contributed by atoms with Crippen LogP contribution in [0.3, 0.4) is 0 Å². The van der Waals surface area contributed by atoms with Crippen LogP contribution in [0.15, 0.2) is 48.5 Å². The van der Waals surface area contributed by atoms with Gasteiger partial charge in [0, 0.05) is 39.3 Å². The van der Waals surface area contributed by atoms with Crippen LogP contribution >= 0.6 is 0 Å². The Morgan fingerprint density at radius 2 is 1.42 bits per heavy atom. The molecule has 0 aromatic heterocycles. The van der Waals surface area contributed by atoms with Crippen LogP contribution < -0.4 is 4.74 Å². The summed E-state index contributed by atoms with van der Waals surface area (Å²) in [6, 6.07) is 15.2. The van der Waals surface area contributed by atoms with E-state index in [0.29, 0.717) is 0 Å². The lowest BCUT2D eigenvalue weighted by Gasteiger charge is -2.34. The first-order chi connectivity index (χ1) is 11.7. The molecule has 2 aromatic rings. The number of benzene rings is 2. The molecular formula is C20H25FN2O. The third kappa shape index (κ3) is 4.79. The number of methoxy groups -OCH3 is 1. The molecule has 1 fully saturated rings. The smallest absolute Gasteiger partial charge is 0.123 e. The zero-order chi connectivity index (χ0) is 16.8. The van der Waals surface area contributed by atoms with Crippen molar-refractivity contribution in [2.75, 3.05) is 39.8 Å². The molecule has 0 amide bonds. The number of piperazine rings is 1. The average molecular weight is 328 g/mol. The first kappa shape index (κ1) is 16.9. The number of hydrogen-bond donors (Lipinski definition) is 0. The number of nitrogens with zero attached hydrogens (tertiary/aromatic N) is 2. The van der Waals surface area contributed by atoms with Crippen LogP contribution in [-0.4, -0.2) is 49.6 Å². The molecule has 0 N–H and O–H groups in total. The second-order valence-corrected chi connectivity index (χ2v) is 6.34. The largest absolute Gasteiger partial charge is 0.497 e. The molecule has 3 nitrogen and oxygen atoms in total. The maximum atomic E-state index is 13.0. The molecule has 24 heavy (non-hydrogen) atoms. The van der Waals surface area contributed by atoms with E-state index in [-0.39, 0.29) is 5.82 Å². The van der Waals surface area contributed by atoms with Gasteiger partial charge in [-0.3, -0.25) is 4.90 Å². The summed E-state index contributed by atoms with van der Waals surface area (Å²) in [5.41, 5.74) is 2.53. The second kappa shape index (κ2) is 8.27.